The van der Waals surface area contributed by atoms with E-state index in [1.807, 2.05) is 6.92 Å². The molecule has 0 aliphatic heterocycles. The second-order valence-corrected chi connectivity index (χ2v) is 3.12. The van der Waals surface area contributed by atoms with Gasteiger partial charge < -0.3 is 15.3 Å². The first kappa shape index (κ1) is 12.9. The van der Waals surface area contributed by atoms with E-state index < -0.39 is 12.0 Å². The quantitative estimate of drug-likeness (QED) is 0.591. The van der Waals surface area contributed by atoms with Crippen molar-refractivity contribution < 1.29 is 14.7 Å². The third-order valence-corrected chi connectivity index (χ3v) is 2.10. The van der Waals surface area contributed by atoms with E-state index in [1.165, 1.54) is 18.9 Å². The topological polar surface area (TPSA) is 69.6 Å². The molecule has 0 aliphatic rings. The van der Waals surface area contributed by atoms with Crippen LogP contribution in [0.1, 0.15) is 20.3 Å². The Hall–Kier alpha value is -1.10. The average Bonchev–Trinajstić information content (AvgIpc) is 2.15. The summed E-state index contributed by atoms with van der Waals surface area (Å²) in [5, 5.41) is 11.7. The standard InChI is InChI=1S/C9H18N2O3/c1-4-10-6-5-8(12)11(3)7(2)9(13)14/h7,10H,4-6H2,1-3H3,(H,13,14). The summed E-state index contributed by atoms with van der Waals surface area (Å²) < 4.78 is 0. The minimum Gasteiger partial charge on any atom is -0.480 e. The van der Waals surface area contributed by atoms with Crippen molar-refractivity contribution in [2.75, 3.05) is 20.1 Å². The van der Waals surface area contributed by atoms with Gasteiger partial charge in [-0.05, 0) is 13.5 Å². The summed E-state index contributed by atoms with van der Waals surface area (Å²) in [5.41, 5.74) is 0. The molecule has 0 aromatic heterocycles. The molecule has 0 saturated heterocycles. The van der Waals surface area contributed by atoms with E-state index in [4.69, 9.17) is 5.11 Å². The molecule has 0 rings (SSSR count). The highest BCUT2D eigenvalue weighted by Gasteiger charge is 2.20. The van der Waals surface area contributed by atoms with E-state index in [0.717, 1.165) is 6.54 Å². The third kappa shape index (κ3) is 4.23. The first-order valence-corrected chi connectivity index (χ1v) is 4.69. The zero-order chi connectivity index (χ0) is 11.1. The maximum Gasteiger partial charge on any atom is 0.326 e. The number of carboxylic acids is 1. The summed E-state index contributed by atoms with van der Waals surface area (Å²) in [6.07, 6.45) is 0.335. The molecule has 0 heterocycles. The fraction of sp³-hybridized carbons (Fsp3) is 0.778. The number of aliphatic carboxylic acids is 1. The van der Waals surface area contributed by atoms with Crippen LogP contribution in [0.25, 0.3) is 0 Å². The van der Waals surface area contributed by atoms with Crippen LogP contribution >= 0.6 is 0 Å². The van der Waals surface area contributed by atoms with Crippen molar-refractivity contribution in [2.24, 2.45) is 0 Å². The normalized spacial score (nSPS) is 12.2. The van der Waals surface area contributed by atoms with Crippen LogP contribution in [0.2, 0.25) is 0 Å². The molecular weight excluding hydrogens is 184 g/mol. The van der Waals surface area contributed by atoms with Gasteiger partial charge in [0.1, 0.15) is 6.04 Å². The van der Waals surface area contributed by atoms with Gasteiger partial charge in [-0.25, -0.2) is 4.79 Å². The Balaban J connectivity index is 3.92. The second kappa shape index (κ2) is 6.37. The number of hydrogen-bond donors (Lipinski definition) is 2. The molecule has 0 aromatic carbocycles. The van der Waals surface area contributed by atoms with Crippen LogP contribution in [0.3, 0.4) is 0 Å². The molecule has 0 saturated carbocycles. The molecule has 1 atom stereocenters. The van der Waals surface area contributed by atoms with Gasteiger partial charge in [0.25, 0.3) is 0 Å². The zero-order valence-corrected chi connectivity index (χ0v) is 8.91. The van der Waals surface area contributed by atoms with Crippen LogP contribution < -0.4 is 5.32 Å². The van der Waals surface area contributed by atoms with Gasteiger partial charge in [0.15, 0.2) is 0 Å². The Labute approximate surface area is 84.1 Å². The maximum absolute atomic E-state index is 11.4. The molecule has 5 nitrogen and oxygen atoms in total. The number of amides is 1. The van der Waals surface area contributed by atoms with Gasteiger partial charge in [-0.3, -0.25) is 4.79 Å². The molecule has 1 unspecified atom stereocenters. The van der Waals surface area contributed by atoms with Crippen LogP contribution in [0.5, 0.6) is 0 Å². The number of nitrogens with one attached hydrogen (secondary N) is 1. The first-order valence-electron chi connectivity index (χ1n) is 4.69. The molecule has 1 amide bonds. The second-order valence-electron chi connectivity index (χ2n) is 3.12. The van der Waals surface area contributed by atoms with E-state index >= 15 is 0 Å². The van der Waals surface area contributed by atoms with Gasteiger partial charge in [-0.15, -0.1) is 0 Å². The van der Waals surface area contributed by atoms with E-state index in [9.17, 15) is 9.59 Å². The highest BCUT2D eigenvalue weighted by atomic mass is 16.4. The Bertz CT molecular complexity index is 206. The maximum atomic E-state index is 11.4. The van der Waals surface area contributed by atoms with Crippen LogP contribution in [-0.2, 0) is 9.59 Å². The summed E-state index contributed by atoms with van der Waals surface area (Å²) >= 11 is 0. The minimum atomic E-state index is -0.982. The van der Waals surface area contributed by atoms with Crippen LogP contribution in [0, 0.1) is 0 Å². The molecule has 0 radical (unpaired) electrons. The molecule has 82 valence electrons. The smallest absolute Gasteiger partial charge is 0.326 e. The van der Waals surface area contributed by atoms with E-state index in [1.54, 1.807) is 0 Å². The van der Waals surface area contributed by atoms with Crippen molar-refractivity contribution in [1.82, 2.24) is 10.2 Å². The van der Waals surface area contributed by atoms with E-state index in [2.05, 4.69) is 5.32 Å². The van der Waals surface area contributed by atoms with E-state index in [-0.39, 0.29) is 5.91 Å². The molecule has 0 bridgehead atoms. The third-order valence-electron chi connectivity index (χ3n) is 2.10. The van der Waals surface area contributed by atoms with Crippen molar-refractivity contribution in [3.8, 4) is 0 Å². The number of nitrogens with zero attached hydrogens (tertiary/aromatic N) is 1. The summed E-state index contributed by atoms with van der Waals surface area (Å²) in [5.74, 6) is -1.13. The predicted molar refractivity (Wildman–Crippen MR) is 53.0 cm³/mol. The molecule has 0 fully saturated rings. The molecule has 0 aromatic rings. The number of rotatable bonds is 6. The highest BCUT2D eigenvalue weighted by molar-refractivity contribution is 5.83. The van der Waals surface area contributed by atoms with Gasteiger partial charge in [0.2, 0.25) is 5.91 Å². The van der Waals surface area contributed by atoms with Gasteiger partial charge in [0.05, 0.1) is 0 Å². The highest BCUT2D eigenvalue weighted by Crippen LogP contribution is 1.98. The molecule has 0 aliphatic carbocycles. The van der Waals surface area contributed by atoms with Crippen LogP contribution in [-0.4, -0.2) is 48.1 Å². The van der Waals surface area contributed by atoms with Crippen molar-refractivity contribution in [2.45, 2.75) is 26.3 Å². The summed E-state index contributed by atoms with van der Waals surface area (Å²) in [4.78, 5) is 23.2. The van der Waals surface area contributed by atoms with Gasteiger partial charge >= 0.3 is 5.97 Å². The summed E-state index contributed by atoms with van der Waals surface area (Å²) in [6.45, 7) is 4.85. The molecular formula is C9H18N2O3. The first-order chi connectivity index (χ1) is 6.50. The van der Waals surface area contributed by atoms with Gasteiger partial charge in [0, 0.05) is 20.0 Å². The number of likely N-dealkylation sites (N-methyl/N-ethyl adjacent to an activating group) is 1. The summed E-state index contributed by atoms with van der Waals surface area (Å²) in [6, 6.07) is -0.760. The Morgan fingerprint density at radius 3 is 2.50 bits per heavy atom. The Morgan fingerprint density at radius 2 is 2.07 bits per heavy atom. The molecule has 5 heteroatoms. The van der Waals surface area contributed by atoms with Gasteiger partial charge in [-0.2, -0.15) is 0 Å². The van der Waals surface area contributed by atoms with Crippen molar-refractivity contribution >= 4 is 11.9 Å². The molecule has 0 spiro atoms. The number of carbonyl (C=O) groups is 2. The van der Waals surface area contributed by atoms with Gasteiger partial charge in [-0.1, -0.05) is 6.92 Å². The Morgan fingerprint density at radius 1 is 1.50 bits per heavy atom. The lowest BCUT2D eigenvalue weighted by atomic mass is 10.2. The van der Waals surface area contributed by atoms with Crippen LogP contribution in [0.4, 0.5) is 0 Å². The summed E-state index contributed by atoms with van der Waals surface area (Å²) in [7, 11) is 1.51. The number of hydrogen-bond acceptors (Lipinski definition) is 3. The number of carboxylic acid groups (broad SMARTS) is 1. The SMILES string of the molecule is CCNCCC(=O)N(C)C(C)C(=O)O. The van der Waals surface area contributed by atoms with Crippen molar-refractivity contribution in [1.29, 1.82) is 0 Å². The lowest BCUT2D eigenvalue weighted by molar-refractivity contribution is -0.148. The molecule has 2 N–H and O–H groups in total. The van der Waals surface area contributed by atoms with E-state index in [0.29, 0.717) is 13.0 Å². The Kier molecular flexibility index (Phi) is 5.87. The fourth-order valence-electron chi connectivity index (χ4n) is 0.930. The monoisotopic (exact) mass is 202 g/mol. The van der Waals surface area contributed by atoms with Crippen molar-refractivity contribution in [3.05, 3.63) is 0 Å². The molecule has 14 heavy (non-hydrogen) atoms. The van der Waals surface area contributed by atoms with Crippen LogP contribution in [0.15, 0.2) is 0 Å². The lowest BCUT2D eigenvalue weighted by Gasteiger charge is -2.21. The van der Waals surface area contributed by atoms with Crippen molar-refractivity contribution in [3.63, 3.8) is 0 Å². The minimum absolute atomic E-state index is 0.152. The lowest BCUT2D eigenvalue weighted by Crippen LogP contribution is -2.41. The number of carbonyl (C=O) groups excluding carboxylic acids is 1. The largest absolute Gasteiger partial charge is 0.480 e. The fourth-order valence-corrected chi connectivity index (χ4v) is 0.930. The predicted octanol–water partition coefficient (Wildman–Crippen LogP) is -0.0825. The average molecular weight is 202 g/mol. The zero-order valence-electron chi connectivity index (χ0n) is 8.91.